The largest absolute Gasteiger partial charge is 0.462 e. The zero-order valence-electron chi connectivity index (χ0n) is 26.9. The Kier molecular flexibility index (Phi) is 8.61. The Balaban J connectivity index is 1.67. The van der Waals surface area contributed by atoms with Crippen molar-refractivity contribution in [2.24, 2.45) is 0 Å². The van der Waals surface area contributed by atoms with Crippen LogP contribution in [0.25, 0.3) is 55.6 Å². The molecule has 0 heterocycles. The van der Waals surface area contributed by atoms with Gasteiger partial charge in [0.1, 0.15) is 0 Å². The third-order valence-electron chi connectivity index (χ3n) is 8.44. The molecule has 0 aromatic heterocycles. The summed E-state index contributed by atoms with van der Waals surface area (Å²) in [6.45, 7) is 5.69. The van der Waals surface area contributed by atoms with Crippen LogP contribution in [0.4, 0.5) is 17.1 Å². The molecule has 0 saturated heterocycles. The van der Waals surface area contributed by atoms with Gasteiger partial charge in [-0.3, -0.25) is 0 Å². The lowest BCUT2D eigenvalue weighted by Gasteiger charge is -2.07. The van der Waals surface area contributed by atoms with Gasteiger partial charge in [-0.15, -0.1) is 0 Å². The Labute approximate surface area is 278 Å². The molecule has 0 radical (unpaired) electrons. The van der Waals surface area contributed by atoms with E-state index in [1.807, 2.05) is 72.8 Å². The summed E-state index contributed by atoms with van der Waals surface area (Å²) in [6.07, 6.45) is 0. The highest BCUT2D eigenvalue weighted by Gasteiger charge is 2.34. The second-order valence-corrected chi connectivity index (χ2v) is 11.1. The first-order valence-corrected chi connectivity index (χ1v) is 15.7. The van der Waals surface area contributed by atoms with Crippen LogP contribution in [0.1, 0.15) is 51.8 Å². The normalized spacial score (nSPS) is 11.1. The minimum atomic E-state index is -0.598. The van der Waals surface area contributed by atoms with E-state index < -0.39 is 17.9 Å². The van der Waals surface area contributed by atoms with Gasteiger partial charge in [0.05, 0.1) is 53.6 Å². The van der Waals surface area contributed by atoms with Gasteiger partial charge in [-0.25, -0.2) is 14.4 Å². The van der Waals surface area contributed by atoms with E-state index in [1.54, 1.807) is 32.9 Å². The molecule has 0 spiro atoms. The molecular formula is C39H35N3O6. The highest BCUT2D eigenvalue weighted by Crippen LogP contribution is 2.54. The standard InChI is InChI=1S/C39H35N3O6/c1-4-46-37(43)31-24-15-11-7-9-13-22(24)28(34(31)40)21-17-19-26-27(20-18-21)33(39(45)48-6-3)36(42)30(26)29-23-14-10-8-12-16-25(23)32(35(29)41)38(44)47-5-2/h7-20H,4-6,40-42H2,1-3H3. The molecule has 48 heavy (non-hydrogen) atoms. The Hall–Kier alpha value is -6.09. The summed E-state index contributed by atoms with van der Waals surface area (Å²) in [5.74, 6) is -1.67. The molecule has 6 aliphatic carbocycles. The smallest absolute Gasteiger partial charge is 0.340 e. The molecule has 0 amide bonds. The predicted molar refractivity (Wildman–Crippen MR) is 188 cm³/mol. The lowest BCUT2D eigenvalue weighted by molar-refractivity contribution is 0.0519. The van der Waals surface area contributed by atoms with Crippen LogP contribution in [-0.4, -0.2) is 37.7 Å². The second kappa shape index (κ2) is 13.0. The Bertz CT molecular complexity index is 2120. The van der Waals surface area contributed by atoms with Crippen molar-refractivity contribution in [1.29, 1.82) is 0 Å². The number of rotatable bonds is 8. The van der Waals surface area contributed by atoms with Crippen LogP contribution < -0.4 is 17.2 Å². The van der Waals surface area contributed by atoms with Crippen molar-refractivity contribution in [3.8, 4) is 55.6 Å². The lowest BCUT2D eigenvalue weighted by atomic mass is 9.98. The van der Waals surface area contributed by atoms with Crippen LogP contribution in [0.3, 0.4) is 0 Å². The Morgan fingerprint density at radius 3 is 1.17 bits per heavy atom. The molecule has 242 valence electrons. The molecule has 9 heteroatoms. The first kappa shape index (κ1) is 31.9. The average molecular weight is 642 g/mol. The molecule has 0 aromatic carbocycles. The van der Waals surface area contributed by atoms with Gasteiger partial charge in [-0.05, 0) is 59.7 Å². The summed E-state index contributed by atoms with van der Waals surface area (Å²) in [4.78, 5) is 39.8. The zero-order chi connectivity index (χ0) is 34.1. The maximum absolute atomic E-state index is 13.5. The summed E-state index contributed by atoms with van der Waals surface area (Å²) >= 11 is 0. The number of nitrogens with two attached hydrogens (primary N) is 3. The average Bonchev–Trinajstić information content (AvgIpc) is 3.30. The van der Waals surface area contributed by atoms with Crippen molar-refractivity contribution in [1.82, 2.24) is 0 Å². The summed E-state index contributed by atoms with van der Waals surface area (Å²) in [6, 6.07) is 25.8. The van der Waals surface area contributed by atoms with Crippen molar-refractivity contribution in [2.75, 3.05) is 37.0 Å². The van der Waals surface area contributed by atoms with Gasteiger partial charge in [0, 0.05) is 16.7 Å². The minimum Gasteiger partial charge on any atom is -0.462 e. The third-order valence-corrected chi connectivity index (χ3v) is 8.44. The highest BCUT2D eigenvalue weighted by molar-refractivity contribution is 6.20. The molecule has 0 aromatic rings. The van der Waals surface area contributed by atoms with Crippen molar-refractivity contribution in [3.05, 3.63) is 102 Å². The van der Waals surface area contributed by atoms with Crippen LogP contribution in [0.5, 0.6) is 0 Å². The molecule has 0 unspecified atom stereocenters. The van der Waals surface area contributed by atoms with Gasteiger partial charge in [0.25, 0.3) is 0 Å². The van der Waals surface area contributed by atoms with E-state index in [0.29, 0.717) is 50.1 Å². The lowest BCUT2D eigenvalue weighted by Crippen LogP contribution is -2.07. The number of anilines is 3. The SMILES string of the molecule is CCOC(=O)c1c2cccccc-2c(-c2ccc3c(C(=O)OCC)c(N)c(-c4c5cccccc-5c(C(=O)OCC)c4N)c-3cc2)c1N. The summed E-state index contributed by atoms with van der Waals surface area (Å²) in [7, 11) is 0. The summed E-state index contributed by atoms with van der Waals surface area (Å²) in [5, 5.41) is 0. The van der Waals surface area contributed by atoms with E-state index in [-0.39, 0.29) is 53.6 Å². The van der Waals surface area contributed by atoms with Gasteiger partial charge < -0.3 is 31.4 Å². The van der Waals surface area contributed by atoms with E-state index in [9.17, 15) is 14.4 Å². The number of hydrogen-bond donors (Lipinski definition) is 3. The second-order valence-electron chi connectivity index (χ2n) is 11.1. The Morgan fingerprint density at radius 1 is 0.438 bits per heavy atom. The fourth-order valence-electron chi connectivity index (χ4n) is 6.52. The van der Waals surface area contributed by atoms with Gasteiger partial charge in [0.2, 0.25) is 0 Å². The van der Waals surface area contributed by atoms with Crippen LogP contribution in [0.15, 0.2) is 84.9 Å². The van der Waals surface area contributed by atoms with Gasteiger partial charge in [0.15, 0.2) is 0 Å². The molecule has 6 N–H and O–H groups in total. The fraction of sp³-hybridized carbons (Fsp3) is 0.154. The topological polar surface area (TPSA) is 157 Å². The van der Waals surface area contributed by atoms with Crippen LogP contribution in [0, 0.1) is 0 Å². The number of carbonyl (C=O) groups is 3. The number of fused-ring (bicyclic) bond motifs is 3. The predicted octanol–water partition coefficient (Wildman–Crippen LogP) is 7.61. The Morgan fingerprint density at radius 2 is 0.750 bits per heavy atom. The minimum absolute atomic E-state index is 0.137. The van der Waals surface area contributed by atoms with Gasteiger partial charge >= 0.3 is 17.9 Å². The zero-order valence-corrected chi connectivity index (χ0v) is 26.9. The first-order valence-electron chi connectivity index (χ1n) is 15.7. The van der Waals surface area contributed by atoms with Crippen molar-refractivity contribution < 1.29 is 28.6 Å². The molecule has 9 nitrogen and oxygen atoms in total. The summed E-state index contributed by atoms with van der Waals surface area (Å²) < 4.78 is 16.2. The van der Waals surface area contributed by atoms with Crippen LogP contribution >= 0.6 is 0 Å². The highest BCUT2D eigenvalue weighted by atomic mass is 16.5. The maximum atomic E-state index is 13.5. The molecule has 0 bridgehead atoms. The summed E-state index contributed by atoms with van der Waals surface area (Å²) in [5.41, 5.74) is 27.8. The number of esters is 3. The number of ether oxygens (including phenoxy) is 3. The van der Waals surface area contributed by atoms with Gasteiger partial charge in [-0.1, -0.05) is 84.9 Å². The van der Waals surface area contributed by atoms with E-state index in [4.69, 9.17) is 31.4 Å². The molecule has 0 atom stereocenters. The van der Waals surface area contributed by atoms with Crippen molar-refractivity contribution in [3.63, 3.8) is 0 Å². The molecule has 0 aliphatic heterocycles. The molecule has 6 aliphatic rings. The molecule has 6 rings (SSSR count). The van der Waals surface area contributed by atoms with Crippen LogP contribution in [-0.2, 0) is 14.2 Å². The molecule has 0 fully saturated rings. The molecule has 0 saturated carbocycles. The van der Waals surface area contributed by atoms with E-state index >= 15 is 0 Å². The number of carbonyl (C=O) groups excluding carboxylic acids is 3. The maximum Gasteiger partial charge on any atom is 0.340 e. The van der Waals surface area contributed by atoms with Crippen LogP contribution in [0.2, 0.25) is 0 Å². The molecular weight excluding hydrogens is 606 g/mol. The monoisotopic (exact) mass is 641 g/mol. The van der Waals surface area contributed by atoms with Gasteiger partial charge in [-0.2, -0.15) is 0 Å². The van der Waals surface area contributed by atoms with Crippen molar-refractivity contribution >= 4 is 35.0 Å². The van der Waals surface area contributed by atoms with E-state index in [0.717, 1.165) is 5.56 Å². The fourth-order valence-corrected chi connectivity index (χ4v) is 6.52. The quantitative estimate of drug-likeness (QED) is 0.112. The first-order chi connectivity index (χ1) is 23.2. The van der Waals surface area contributed by atoms with Crippen molar-refractivity contribution in [2.45, 2.75) is 20.8 Å². The number of hydrogen-bond acceptors (Lipinski definition) is 9. The van der Waals surface area contributed by atoms with E-state index in [1.165, 1.54) is 0 Å². The number of nitrogen functional groups attached to an aromatic ring is 3. The van der Waals surface area contributed by atoms with E-state index in [2.05, 4.69) is 0 Å². The third kappa shape index (κ3) is 5.09.